The number of fused-ring (bicyclic) bond motifs is 2. The van der Waals surface area contributed by atoms with Crippen LogP contribution in [0.2, 0.25) is 0 Å². The van der Waals surface area contributed by atoms with Crippen LogP contribution in [0.15, 0.2) is 65.8 Å². The van der Waals surface area contributed by atoms with E-state index in [1.807, 2.05) is 35.2 Å². The molecule has 2 aromatic carbocycles. The number of rotatable bonds is 4. The zero-order valence-electron chi connectivity index (χ0n) is 20.7. The number of nitrogens with zero attached hydrogens (tertiary/aromatic N) is 6. The summed E-state index contributed by atoms with van der Waals surface area (Å²) in [7, 11) is 0. The van der Waals surface area contributed by atoms with E-state index < -0.39 is 17.2 Å². The van der Waals surface area contributed by atoms with Crippen molar-refractivity contribution in [3.8, 4) is 11.8 Å². The number of hydrogen-bond acceptors (Lipinski definition) is 6. The average Bonchev–Trinajstić information content (AvgIpc) is 3.25. The second-order valence-corrected chi connectivity index (χ2v) is 9.44. The van der Waals surface area contributed by atoms with Crippen molar-refractivity contribution in [1.82, 2.24) is 19.1 Å². The van der Waals surface area contributed by atoms with Gasteiger partial charge in [-0.25, -0.2) is 13.8 Å². The average molecular weight is 548 g/mol. The molecule has 6 rings (SSSR count). The van der Waals surface area contributed by atoms with E-state index in [4.69, 9.17) is 5.73 Å². The van der Waals surface area contributed by atoms with Gasteiger partial charge < -0.3 is 10.6 Å². The minimum atomic E-state index is -0.862. The van der Waals surface area contributed by atoms with Crippen LogP contribution in [-0.2, 0) is 6.54 Å². The highest BCUT2D eigenvalue weighted by Crippen LogP contribution is 2.35. The van der Waals surface area contributed by atoms with Crippen LogP contribution in [0.4, 0.5) is 14.6 Å². The van der Waals surface area contributed by atoms with Gasteiger partial charge in [0.25, 0.3) is 5.56 Å². The first-order chi connectivity index (χ1) is 18.5. The lowest BCUT2D eigenvalue weighted by atomic mass is 10.1. The van der Waals surface area contributed by atoms with Gasteiger partial charge >= 0.3 is 0 Å². The molecular formula is C28H24ClF2N7O. The maximum atomic E-state index is 15.2. The minimum absolute atomic E-state index is 0. The van der Waals surface area contributed by atoms with Gasteiger partial charge in [-0.15, -0.1) is 12.4 Å². The third-order valence-corrected chi connectivity index (χ3v) is 7.01. The second-order valence-electron chi connectivity index (χ2n) is 9.44. The van der Waals surface area contributed by atoms with E-state index in [9.17, 15) is 14.4 Å². The van der Waals surface area contributed by atoms with Gasteiger partial charge in [0.2, 0.25) is 0 Å². The SMILES string of the molecule is Cl.N#Cc1c(N2CCC[C@H](N)C2)n(-c2ccc(F)cc2F)c2c(=O)n(Cc3nccc4ccccc34)cnc12. The van der Waals surface area contributed by atoms with Crippen molar-refractivity contribution in [2.75, 3.05) is 18.0 Å². The number of anilines is 1. The summed E-state index contributed by atoms with van der Waals surface area (Å²) in [5.41, 5.74) is 6.70. The van der Waals surface area contributed by atoms with Gasteiger partial charge in [0.1, 0.15) is 40.1 Å². The molecule has 4 heterocycles. The highest BCUT2D eigenvalue weighted by molar-refractivity contribution is 5.91. The van der Waals surface area contributed by atoms with Gasteiger partial charge in [-0.1, -0.05) is 24.3 Å². The van der Waals surface area contributed by atoms with E-state index in [0.717, 1.165) is 35.7 Å². The maximum Gasteiger partial charge on any atom is 0.278 e. The molecule has 0 unspecified atom stereocenters. The molecule has 11 heteroatoms. The fourth-order valence-corrected chi connectivity index (χ4v) is 5.27. The Bertz CT molecular complexity index is 1810. The molecule has 3 aromatic heterocycles. The van der Waals surface area contributed by atoms with Gasteiger partial charge in [-0.2, -0.15) is 5.26 Å². The van der Waals surface area contributed by atoms with E-state index in [-0.39, 0.29) is 47.3 Å². The first kappa shape index (κ1) is 26.3. The smallest absolute Gasteiger partial charge is 0.278 e. The summed E-state index contributed by atoms with van der Waals surface area (Å²) in [5.74, 6) is -1.28. The van der Waals surface area contributed by atoms with E-state index in [0.29, 0.717) is 24.6 Å². The molecule has 2 N–H and O–H groups in total. The van der Waals surface area contributed by atoms with Crippen molar-refractivity contribution >= 4 is 40.0 Å². The summed E-state index contributed by atoms with van der Waals surface area (Å²) < 4.78 is 31.9. The van der Waals surface area contributed by atoms with Crippen LogP contribution < -0.4 is 16.2 Å². The second kappa shape index (κ2) is 10.4. The van der Waals surface area contributed by atoms with E-state index >= 15 is 4.39 Å². The number of piperidine rings is 1. The number of nitriles is 1. The molecule has 1 saturated heterocycles. The lowest BCUT2D eigenvalue weighted by Crippen LogP contribution is -2.44. The van der Waals surface area contributed by atoms with Crippen molar-refractivity contribution < 1.29 is 8.78 Å². The normalized spacial score (nSPS) is 15.3. The van der Waals surface area contributed by atoms with Gasteiger partial charge in [-0.05, 0) is 36.4 Å². The standard InChI is InChI=1S/C28H23F2N7O.ClH/c29-18-7-8-24(22(30)12-18)37-26-25(21(13-31)27(37)35-11-3-5-19(32)14-35)34-16-36(28(26)38)15-23-20-6-2-1-4-17(20)9-10-33-23;/h1-2,4,6-10,12,16,19H,3,5,11,14-15,32H2;1H/t19-;/m0./s1. The van der Waals surface area contributed by atoms with Crippen LogP contribution in [-0.4, -0.2) is 38.2 Å². The number of aromatic nitrogens is 4. The molecule has 1 aliphatic rings. The molecule has 0 spiro atoms. The molecule has 198 valence electrons. The Morgan fingerprint density at radius 3 is 2.72 bits per heavy atom. The largest absolute Gasteiger partial charge is 0.355 e. The minimum Gasteiger partial charge on any atom is -0.355 e. The summed E-state index contributed by atoms with van der Waals surface area (Å²) >= 11 is 0. The van der Waals surface area contributed by atoms with E-state index in [1.54, 1.807) is 6.20 Å². The summed E-state index contributed by atoms with van der Waals surface area (Å²) in [4.78, 5) is 24.8. The predicted molar refractivity (Wildman–Crippen MR) is 147 cm³/mol. The summed E-state index contributed by atoms with van der Waals surface area (Å²) in [6.45, 7) is 1.10. The highest BCUT2D eigenvalue weighted by Gasteiger charge is 2.30. The first-order valence-corrected chi connectivity index (χ1v) is 12.3. The van der Waals surface area contributed by atoms with Crippen molar-refractivity contribution in [3.05, 3.63) is 94.3 Å². The van der Waals surface area contributed by atoms with Crippen LogP contribution in [0.3, 0.4) is 0 Å². The third kappa shape index (κ3) is 4.50. The van der Waals surface area contributed by atoms with Crippen LogP contribution in [0.25, 0.3) is 27.5 Å². The molecule has 0 aliphatic carbocycles. The highest BCUT2D eigenvalue weighted by atomic mass is 35.5. The third-order valence-electron chi connectivity index (χ3n) is 7.01. The van der Waals surface area contributed by atoms with Crippen molar-refractivity contribution in [2.24, 2.45) is 5.73 Å². The monoisotopic (exact) mass is 547 g/mol. The number of pyridine rings is 1. The van der Waals surface area contributed by atoms with Crippen LogP contribution in [0.5, 0.6) is 0 Å². The van der Waals surface area contributed by atoms with Crippen LogP contribution in [0, 0.1) is 23.0 Å². The predicted octanol–water partition coefficient (Wildman–Crippen LogP) is 4.28. The Labute approximate surface area is 228 Å². The Morgan fingerprint density at radius 2 is 1.95 bits per heavy atom. The molecule has 0 amide bonds. The number of halogens is 3. The lowest BCUT2D eigenvalue weighted by molar-refractivity contribution is 0.501. The Morgan fingerprint density at radius 1 is 1.13 bits per heavy atom. The lowest BCUT2D eigenvalue weighted by Gasteiger charge is -2.33. The fourth-order valence-electron chi connectivity index (χ4n) is 5.27. The Hall–Kier alpha value is -4.33. The molecular weight excluding hydrogens is 524 g/mol. The summed E-state index contributed by atoms with van der Waals surface area (Å²) in [6, 6.07) is 14.8. The molecule has 1 aliphatic heterocycles. The summed E-state index contributed by atoms with van der Waals surface area (Å²) in [5, 5.41) is 12.0. The van der Waals surface area contributed by atoms with Crippen LogP contribution >= 0.6 is 12.4 Å². The zero-order chi connectivity index (χ0) is 26.4. The molecule has 1 atom stereocenters. The topological polar surface area (TPSA) is 106 Å². The maximum absolute atomic E-state index is 15.2. The first-order valence-electron chi connectivity index (χ1n) is 12.3. The van der Waals surface area contributed by atoms with Gasteiger partial charge in [0, 0.05) is 36.8 Å². The molecule has 1 fully saturated rings. The van der Waals surface area contributed by atoms with Gasteiger partial charge in [-0.3, -0.25) is 18.9 Å². The molecule has 5 aromatic rings. The van der Waals surface area contributed by atoms with Crippen molar-refractivity contribution in [1.29, 1.82) is 5.26 Å². The van der Waals surface area contributed by atoms with E-state index in [2.05, 4.69) is 16.0 Å². The molecule has 0 saturated carbocycles. The molecule has 39 heavy (non-hydrogen) atoms. The van der Waals surface area contributed by atoms with Gasteiger partial charge in [0.05, 0.1) is 24.3 Å². The molecule has 8 nitrogen and oxygen atoms in total. The molecule has 0 bridgehead atoms. The fraction of sp³-hybridized carbons (Fsp3) is 0.214. The quantitative estimate of drug-likeness (QED) is 0.360. The van der Waals surface area contributed by atoms with Crippen molar-refractivity contribution in [2.45, 2.75) is 25.4 Å². The zero-order valence-corrected chi connectivity index (χ0v) is 21.5. The van der Waals surface area contributed by atoms with Crippen molar-refractivity contribution in [3.63, 3.8) is 0 Å². The Balaban J connectivity index is 0.00000308. The number of nitrogens with two attached hydrogens (primary N) is 1. The summed E-state index contributed by atoms with van der Waals surface area (Å²) in [6.07, 6.45) is 4.64. The van der Waals surface area contributed by atoms with Gasteiger partial charge in [0.15, 0.2) is 0 Å². The number of hydrogen-bond donors (Lipinski definition) is 1. The Kier molecular flexibility index (Phi) is 7.04. The van der Waals surface area contributed by atoms with Crippen LogP contribution in [0.1, 0.15) is 24.1 Å². The van der Waals surface area contributed by atoms with E-state index in [1.165, 1.54) is 21.5 Å². The molecule has 0 radical (unpaired) electrons. The number of benzene rings is 2.